The normalized spacial score (nSPS) is 12.6. The number of halogens is 1. The van der Waals surface area contributed by atoms with Gasteiger partial charge < -0.3 is 5.11 Å². The van der Waals surface area contributed by atoms with E-state index in [0.717, 1.165) is 37.6 Å². The van der Waals surface area contributed by atoms with Crippen molar-refractivity contribution in [3.63, 3.8) is 0 Å². The van der Waals surface area contributed by atoms with Crippen LogP contribution in [0.4, 0.5) is 0 Å². The molecule has 0 fully saturated rings. The van der Waals surface area contributed by atoms with Gasteiger partial charge in [-0.3, -0.25) is 0 Å². The van der Waals surface area contributed by atoms with Crippen molar-refractivity contribution < 1.29 is 9.84 Å². The average molecular weight is 549 g/mol. The molecular weight excluding hydrogens is 515 g/mol. The summed E-state index contributed by atoms with van der Waals surface area (Å²) in [5, 5.41) is 9.87. The molecule has 4 rings (SSSR count). The SMILES string of the molecule is OCCCCCCOc1ccc(CP(Br)(c2ccccc2)(c2ccccc2)c2ccccc2)cc1. The van der Waals surface area contributed by atoms with E-state index in [1.165, 1.54) is 21.5 Å². The van der Waals surface area contributed by atoms with Crippen LogP contribution in [-0.2, 0) is 6.16 Å². The molecule has 1 N–H and O–H groups in total. The second kappa shape index (κ2) is 12.0. The molecule has 0 heterocycles. The first kappa shape index (κ1) is 25.6. The molecule has 0 bridgehead atoms. The van der Waals surface area contributed by atoms with Gasteiger partial charge in [0.25, 0.3) is 0 Å². The number of ether oxygens (including phenoxy) is 1. The van der Waals surface area contributed by atoms with E-state index in [2.05, 4.69) is 131 Å². The van der Waals surface area contributed by atoms with Crippen molar-refractivity contribution in [2.75, 3.05) is 13.2 Å². The summed E-state index contributed by atoms with van der Waals surface area (Å²) in [6.07, 6.45) is 4.89. The first-order chi connectivity index (χ1) is 17.1. The van der Waals surface area contributed by atoms with Crippen LogP contribution in [0.15, 0.2) is 115 Å². The van der Waals surface area contributed by atoms with Crippen LogP contribution in [0.3, 0.4) is 0 Å². The predicted octanol–water partition coefficient (Wildman–Crippen LogP) is 6.96. The Morgan fingerprint density at radius 1 is 0.571 bits per heavy atom. The molecule has 2 nitrogen and oxygen atoms in total. The van der Waals surface area contributed by atoms with Gasteiger partial charge in [-0.1, -0.05) is 0 Å². The number of unbranched alkanes of at least 4 members (excludes halogenated alkanes) is 3. The van der Waals surface area contributed by atoms with Crippen LogP contribution < -0.4 is 20.7 Å². The van der Waals surface area contributed by atoms with E-state index in [4.69, 9.17) is 9.84 Å². The first-order valence-electron chi connectivity index (χ1n) is 12.4. The molecule has 0 radical (unpaired) electrons. The van der Waals surface area contributed by atoms with Gasteiger partial charge in [-0.25, -0.2) is 0 Å². The van der Waals surface area contributed by atoms with Gasteiger partial charge in [0, 0.05) is 0 Å². The topological polar surface area (TPSA) is 29.5 Å². The fourth-order valence-corrected chi connectivity index (χ4v) is 12.4. The molecule has 182 valence electrons. The van der Waals surface area contributed by atoms with Crippen LogP contribution in [0.5, 0.6) is 5.75 Å². The molecular formula is C31H34BrO2P. The van der Waals surface area contributed by atoms with Crippen molar-refractivity contribution in [3.05, 3.63) is 121 Å². The monoisotopic (exact) mass is 548 g/mol. The number of aliphatic hydroxyl groups excluding tert-OH is 1. The number of hydrogen-bond acceptors (Lipinski definition) is 2. The Morgan fingerprint density at radius 2 is 1.03 bits per heavy atom. The Bertz CT molecular complexity index is 1070. The van der Waals surface area contributed by atoms with Gasteiger partial charge in [-0.15, -0.1) is 0 Å². The third kappa shape index (κ3) is 5.70. The summed E-state index contributed by atoms with van der Waals surface area (Å²) < 4.78 is 5.99. The van der Waals surface area contributed by atoms with Crippen molar-refractivity contribution >= 4 is 36.7 Å². The molecule has 0 saturated carbocycles. The van der Waals surface area contributed by atoms with Crippen LogP contribution in [0.2, 0.25) is 0 Å². The fraction of sp³-hybridized carbons (Fsp3) is 0.226. The maximum atomic E-state index is 8.91. The van der Waals surface area contributed by atoms with E-state index < -0.39 is 5.31 Å². The standard InChI is InChI=1S/C31H34BrO2P/c32-35(29-14-6-3-7-15-29,30-16-8-4-9-17-30,31-18-10-5-11-19-31)26-27-20-22-28(23-21-27)34-25-13-2-1-12-24-33/h3-11,14-23,33H,1-2,12-13,24-26H2. The second-order valence-electron chi connectivity index (χ2n) is 8.98. The summed E-state index contributed by atoms with van der Waals surface area (Å²) in [6, 6.07) is 41.3. The summed E-state index contributed by atoms with van der Waals surface area (Å²) in [6.45, 7) is 0.983. The predicted molar refractivity (Wildman–Crippen MR) is 155 cm³/mol. The number of benzene rings is 4. The van der Waals surface area contributed by atoms with Crippen molar-refractivity contribution in [1.29, 1.82) is 0 Å². The minimum absolute atomic E-state index is 0.274. The number of hydrogen-bond donors (Lipinski definition) is 1. The summed E-state index contributed by atoms with van der Waals surface area (Å²) in [5.74, 6) is 0.907. The quantitative estimate of drug-likeness (QED) is 0.153. The summed E-state index contributed by atoms with van der Waals surface area (Å²) in [7, 11) is 0. The summed E-state index contributed by atoms with van der Waals surface area (Å²) >= 11 is 4.53. The first-order valence-corrected chi connectivity index (χ1v) is 16.8. The molecule has 4 heteroatoms. The Labute approximate surface area is 217 Å². The van der Waals surface area contributed by atoms with Crippen molar-refractivity contribution in [2.24, 2.45) is 0 Å². The summed E-state index contributed by atoms with van der Waals surface area (Å²) in [4.78, 5) is 0. The van der Waals surface area contributed by atoms with E-state index in [1.807, 2.05) is 0 Å². The van der Waals surface area contributed by atoms with Crippen LogP contribution in [-0.4, -0.2) is 18.3 Å². The van der Waals surface area contributed by atoms with Crippen LogP contribution >= 0.6 is 20.8 Å². The summed E-state index contributed by atoms with van der Waals surface area (Å²) in [5.41, 5.74) is 1.27. The van der Waals surface area contributed by atoms with Crippen LogP contribution in [0.1, 0.15) is 31.2 Å². The molecule has 0 saturated heterocycles. The molecule has 0 aliphatic carbocycles. The molecule has 35 heavy (non-hydrogen) atoms. The number of rotatable bonds is 12. The van der Waals surface area contributed by atoms with E-state index in [1.54, 1.807) is 0 Å². The molecule has 4 aromatic carbocycles. The van der Waals surface area contributed by atoms with E-state index in [9.17, 15) is 0 Å². The van der Waals surface area contributed by atoms with Crippen LogP contribution in [0.25, 0.3) is 0 Å². The maximum absolute atomic E-state index is 8.91. The van der Waals surface area contributed by atoms with Gasteiger partial charge in [-0.2, -0.15) is 0 Å². The van der Waals surface area contributed by atoms with E-state index in [0.29, 0.717) is 6.61 Å². The third-order valence-corrected chi connectivity index (χ3v) is 16.1. The zero-order chi connectivity index (χ0) is 24.4. The van der Waals surface area contributed by atoms with E-state index >= 15 is 0 Å². The van der Waals surface area contributed by atoms with Gasteiger partial charge in [0.1, 0.15) is 0 Å². The van der Waals surface area contributed by atoms with Gasteiger partial charge in [0.05, 0.1) is 0 Å². The Balaban J connectivity index is 1.68. The van der Waals surface area contributed by atoms with Gasteiger partial charge in [-0.05, 0) is 0 Å². The van der Waals surface area contributed by atoms with Crippen molar-refractivity contribution in [3.8, 4) is 5.75 Å². The number of aliphatic hydroxyl groups is 1. The third-order valence-electron chi connectivity index (χ3n) is 6.61. The van der Waals surface area contributed by atoms with Crippen molar-refractivity contribution in [2.45, 2.75) is 31.8 Å². The Kier molecular flexibility index (Phi) is 8.78. The molecule has 0 amide bonds. The Morgan fingerprint density at radius 3 is 1.49 bits per heavy atom. The van der Waals surface area contributed by atoms with Crippen molar-refractivity contribution in [1.82, 2.24) is 0 Å². The average Bonchev–Trinajstić information content (AvgIpc) is 2.93. The molecule has 0 atom stereocenters. The molecule has 4 aromatic rings. The fourth-order valence-electron chi connectivity index (χ4n) is 4.73. The molecule has 0 aromatic heterocycles. The zero-order valence-electron chi connectivity index (χ0n) is 20.1. The molecule has 0 aliphatic rings. The van der Waals surface area contributed by atoms with Gasteiger partial charge in [0.2, 0.25) is 0 Å². The second-order valence-corrected chi connectivity index (χ2v) is 17.9. The Hall–Kier alpha value is -2.45. The molecule has 0 unspecified atom stereocenters. The zero-order valence-corrected chi connectivity index (χ0v) is 22.6. The van der Waals surface area contributed by atoms with Gasteiger partial charge in [0.15, 0.2) is 0 Å². The van der Waals surface area contributed by atoms with E-state index in [-0.39, 0.29) is 6.61 Å². The molecule has 0 spiro atoms. The minimum atomic E-state index is -2.99. The van der Waals surface area contributed by atoms with Crippen LogP contribution in [0, 0.1) is 0 Å². The van der Waals surface area contributed by atoms with Gasteiger partial charge >= 0.3 is 213 Å². The molecule has 0 aliphatic heterocycles.